The van der Waals surface area contributed by atoms with Crippen molar-refractivity contribution in [3.05, 3.63) is 12.7 Å². The van der Waals surface area contributed by atoms with Crippen LogP contribution < -0.4 is 0 Å². The molecular weight excluding hydrogens is 151 g/mol. The molecule has 0 bridgehead atoms. The van der Waals surface area contributed by atoms with Crippen molar-refractivity contribution >= 4 is 13.5 Å². The van der Waals surface area contributed by atoms with Gasteiger partial charge in [0.2, 0.25) is 0 Å². The zero-order valence-corrected chi connectivity index (χ0v) is 7.75. The summed E-state index contributed by atoms with van der Waals surface area (Å²) < 4.78 is 5.21. The second kappa shape index (κ2) is 3.90. The molecule has 2 nitrogen and oxygen atoms in total. The summed E-state index contributed by atoms with van der Waals surface area (Å²) in [7, 11) is 3.33. The van der Waals surface area contributed by atoms with Crippen LogP contribution in [0.1, 0.15) is 12.8 Å². The van der Waals surface area contributed by atoms with Crippen molar-refractivity contribution in [2.24, 2.45) is 11.8 Å². The molecule has 0 spiro atoms. The molecule has 0 radical (unpaired) electrons. The van der Waals surface area contributed by atoms with Crippen molar-refractivity contribution in [3.63, 3.8) is 0 Å². The number of carbonyl (C=O) groups excluding carboxylic acids is 1. The van der Waals surface area contributed by atoms with Crippen molar-refractivity contribution in [1.82, 2.24) is 0 Å². The van der Waals surface area contributed by atoms with Gasteiger partial charge in [-0.1, -0.05) is 6.08 Å². The highest BCUT2D eigenvalue weighted by Crippen LogP contribution is 2.38. The van der Waals surface area contributed by atoms with Crippen LogP contribution in [-0.2, 0) is 9.53 Å². The lowest BCUT2D eigenvalue weighted by molar-refractivity contribution is -0.122. The number of carbonyl (C=O) groups is 1. The van der Waals surface area contributed by atoms with Gasteiger partial charge >= 0.3 is 0 Å². The van der Waals surface area contributed by atoms with E-state index in [0.29, 0.717) is 5.92 Å². The Morgan fingerprint density at radius 3 is 2.67 bits per heavy atom. The van der Waals surface area contributed by atoms with E-state index in [1.54, 1.807) is 21.0 Å². The lowest BCUT2D eigenvalue weighted by Crippen LogP contribution is -2.40. The minimum absolute atomic E-state index is 0.0626. The van der Waals surface area contributed by atoms with Gasteiger partial charge in [0.05, 0.1) is 11.8 Å². The predicted octanol–water partition coefficient (Wildman–Crippen LogP) is 0.373. The van der Waals surface area contributed by atoms with Gasteiger partial charge in [0.1, 0.15) is 0 Å². The van der Waals surface area contributed by atoms with E-state index in [9.17, 15) is 4.79 Å². The Hall–Kier alpha value is -0.565. The summed E-state index contributed by atoms with van der Waals surface area (Å²) in [5.41, 5.74) is 0.287. The normalized spacial score (nSPS) is 30.4. The van der Waals surface area contributed by atoms with Gasteiger partial charge in [0.15, 0.2) is 7.85 Å². The molecule has 0 aromatic heterocycles. The fourth-order valence-corrected chi connectivity index (χ4v) is 1.87. The second-order valence-electron chi connectivity index (χ2n) is 3.39. The summed E-state index contributed by atoms with van der Waals surface area (Å²) in [6.45, 7) is 3.69. The molecule has 0 amide bonds. The standard InChI is InChI=1S/C9H15BO2/c1-3-8(12-2)6-4-5-7(6)9(10)11/h3,6-8H,1,4-5,10H2,2H3/t6-,7?,8+/m1/s1. The topological polar surface area (TPSA) is 26.3 Å². The molecule has 0 N–H and O–H groups in total. The van der Waals surface area contributed by atoms with E-state index in [-0.39, 0.29) is 17.7 Å². The smallest absolute Gasteiger partial charge is 0.187 e. The van der Waals surface area contributed by atoms with Crippen LogP contribution in [0.5, 0.6) is 0 Å². The highest BCUT2D eigenvalue weighted by Gasteiger charge is 2.38. The summed E-state index contributed by atoms with van der Waals surface area (Å²) in [5.74, 6) is 0.595. The number of rotatable bonds is 4. The average Bonchev–Trinajstić information content (AvgIpc) is 1.96. The van der Waals surface area contributed by atoms with E-state index in [4.69, 9.17) is 4.74 Å². The quantitative estimate of drug-likeness (QED) is 0.445. The molecule has 1 saturated carbocycles. The van der Waals surface area contributed by atoms with Crippen molar-refractivity contribution < 1.29 is 9.53 Å². The fourth-order valence-electron chi connectivity index (χ4n) is 1.87. The maximum atomic E-state index is 11.1. The Kier molecular flexibility index (Phi) is 3.09. The van der Waals surface area contributed by atoms with E-state index in [1.807, 2.05) is 0 Å². The van der Waals surface area contributed by atoms with E-state index in [1.165, 1.54) is 0 Å². The van der Waals surface area contributed by atoms with Gasteiger partial charge in [-0.3, -0.25) is 0 Å². The van der Waals surface area contributed by atoms with Crippen molar-refractivity contribution in [2.75, 3.05) is 7.11 Å². The van der Waals surface area contributed by atoms with Crippen LogP contribution in [0.25, 0.3) is 0 Å². The zero-order chi connectivity index (χ0) is 9.14. The number of hydrogen-bond donors (Lipinski definition) is 0. The van der Waals surface area contributed by atoms with Crippen LogP contribution in [0.15, 0.2) is 12.7 Å². The van der Waals surface area contributed by atoms with Crippen LogP contribution >= 0.6 is 0 Å². The van der Waals surface area contributed by atoms with Crippen molar-refractivity contribution in [2.45, 2.75) is 18.9 Å². The van der Waals surface area contributed by atoms with Crippen LogP contribution in [0.4, 0.5) is 0 Å². The fraction of sp³-hybridized carbons (Fsp3) is 0.667. The Balaban J connectivity index is 2.52. The molecule has 3 atom stereocenters. The largest absolute Gasteiger partial charge is 0.377 e. The first-order valence-corrected chi connectivity index (χ1v) is 4.36. The third kappa shape index (κ3) is 1.61. The molecule has 3 heteroatoms. The molecule has 1 aliphatic rings. The summed E-state index contributed by atoms with van der Waals surface area (Å²) in [4.78, 5) is 11.1. The van der Waals surface area contributed by atoms with Gasteiger partial charge in [0.25, 0.3) is 0 Å². The van der Waals surface area contributed by atoms with Crippen molar-refractivity contribution in [3.8, 4) is 0 Å². The SMILES string of the molecule is BC(=O)C1CC[C@H]1[C@H](C=C)OC. The van der Waals surface area contributed by atoms with E-state index < -0.39 is 0 Å². The molecule has 0 heterocycles. The predicted molar refractivity (Wildman–Crippen MR) is 50.8 cm³/mol. The number of hydrogen-bond acceptors (Lipinski definition) is 2. The van der Waals surface area contributed by atoms with Gasteiger partial charge in [-0.25, -0.2) is 0 Å². The van der Waals surface area contributed by atoms with Crippen molar-refractivity contribution in [1.29, 1.82) is 0 Å². The highest BCUT2D eigenvalue weighted by atomic mass is 16.5. The van der Waals surface area contributed by atoms with Crippen LogP contribution in [0.3, 0.4) is 0 Å². The van der Waals surface area contributed by atoms with E-state index in [2.05, 4.69) is 6.58 Å². The molecule has 0 saturated heterocycles. The van der Waals surface area contributed by atoms with Gasteiger partial charge < -0.3 is 9.53 Å². The van der Waals surface area contributed by atoms with Gasteiger partial charge in [-0.05, 0) is 18.8 Å². The molecule has 66 valence electrons. The molecule has 0 aliphatic heterocycles. The Bertz CT molecular complexity index is 187. The summed E-state index contributed by atoms with van der Waals surface area (Å²) in [6, 6.07) is 0. The number of methoxy groups -OCH3 is 1. The molecular formula is C9H15BO2. The van der Waals surface area contributed by atoms with Gasteiger partial charge in [-0.15, -0.1) is 6.58 Å². The molecule has 12 heavy (non-hydrogen) atoms. The van der Waals surface area contributed by atoms with Crippen LogP contribution in [0.2, 0.25) is 0 Å². The summed E-state index contributed by atoms with van der Waals surface area (Å²) in [5, 5.41) is 0. The first-order chi connectivity index (χ1) is 5.70. The molecule has 1 unspecified atom stereocenters. The molecule has 1 aliphatic carbocycles. The van der Waals surface area contributed by atoms with Gasteiger partial charge in [0, 0.05) is 13.0 Å². The molecule has 0 aromatic carbocycles. The van der Waals surface area contributed by atoms with Gasteiger partial charge in [-0.2, -0.15) is 0 Å². The summed E-state index contributed by atoms with van der Waals surface area (Å²) >= 11 is 0. The van der Waals surface area contributed by atoms with Crippen LogP contribution in [-0.4, -0.2) is 26.7 Å². The third-order valence-corrected chi connectivity index (χ3v) is 2.78. The Labute approximate surface area is 74.4 Å². The summed E-state index contributed by atoms with van der Waals surface area (Å²) in [6.07, 6.45) is 3.97. The highest BCUT2D eigenvalue weighted by molar-refractivity contribution is 6.58. The lowest BCUT2D eigenvalue weighted by atomic mass is 9.64. The zero-order valence-electron chi connectivity index (χ0n) is 7.75. The maximum absolute atomic E-state index is 11.1. The monoisotopic (exact) mass is 166 g/mol. The maximum Gasteiger partial charge on any atom is 0.187 e. The molecule has 1 rings (SSSR count). The first-order valence-electron chi connectivity index (χ1n) is 4.36. The van der Waals surface area contributed by atoms with Crippen LogP contribution in [0, 0.1) is 11.8 Å². The first kappa shape index (κ1) is 9.52. The van der Waals surface area contributed by atoms with E-state index >= 15 is 0 Å². The Morgan fingerprint density at radius 1 is 1.75 bits per heavy atom. The van der Waals surface area contributed by atoms with E-state index in [0.717, 1.165) is 12.8 Å². The molecule has 1 fully saturated rings. The molecule has 0 aromatic rings. The lowest BCUT2D eigenvalue weighted by Gasteiger charge is -2.38. The third-order valence-electron chi connectivity index (χ3n) is 2.78. The average molecular weight is 166 g/mol. The second-order valence-corrected chi connectivity index (χ2v) is 3.39. The minimum Gasteiger partial charge on any atom is -0.377 e. The minimum atomic E-state index is 0.0626. The Morgan fingerprint density at radius 2 is 2.42 bits per heavy atom. The number of ether oxygens (including phenoxy) is 1.